The number of rotatable bonds is 7. The lowest BCUT2D eigenvalue weighted by molar-refractivity contribution is -0.0399. The Morgan fingerprint density at radius 1 is 0.328 bits per heavy atom. The summed E-state index contributed by atoms with van der Waals surface area (Å²) in [6.45, 7) is 0. The average molecular weight is 826 g/mol. The fourth-order valence-corrected chi connectivity index (χ4v) is 12.1. The van der Waals surface area contributed by atoms with Gasteiger partial charge >= 0.3 is 0 Å². The number of benzene rings is 6. The van der Waals surface area contributed by atoms with E-state index in [0.717, 1.165) is 45.2 Å². The van der Waals surface area contributed by atoms with Crippen molar-refractivity contribution in [1.29, 1.82) is 0 Å². The highest BCUT2D eigenvalue weighted by molar-refractivity contribution is 5.87. The lowest BCUT2D eigenvalue weighted by Crippen LogP contribution is -2.55. The highest BCUT2D eigenvalue weighted by atomic mass is 15.1. The molecule has 5 aliphatic rings. The van der Waals surface area contributed by atoms with E-state index in [1.54, 1.807) is 0 Å². The molecule has 1 spiro atoms. The van der Waals surface area contributed by atoms with E-state index in [9.17, 15) is 0 Å². The minimum absolute atomic E-state index is 0.0324. The second-order valence-electron chi connectivity index (χ2n) is 18.2. The summed E-state index contributed by atoms with van der Waals surface area (Å²) >= 11 is 0. The third-order valence-corrected chi connectivity index (χ3v) is 14.6. The summed E-state index contributed by atoms with van der Waals surface area (Å²) in [5, 5.41) is 0. The molecule has 4 saturated carbocycles. The summed E-state index contributed by atoms with van der Waals surface area (Å²) in [5.41, 5.74) is 13.4. The maximum absolute atomic E-state index is 5.15. The SMILES string of the molecule is c1ccc(-c2nc(-c3ccccc3)nc(-c3ccc4c(c3)-c3ccc(-c5ccnc(-c6nc(-c7ccccc7)nc(-c7ccccc7)n6)c5)cc3C43C4CC5CC(C4)CC3C5)n2)cc1. The van der Waals surface area contributed by atoms with E-state index in [1.165, 1.54) is 59.9 Å². The first-order chi connectivity index (χ1) is 31.6. The number of nitrogens with zero attached hydrogens (tertiary/aromatic N) is 7. The van der Waals surface area contributed by atoms with Crippen LogP contribution in [-0.2, 0) is 5.41 Å². The molecule has 14 rings (SSSR count). The molecule has 4 fully saturated rings. The van der Waals surface area contributed by atoms with Gasteiger partial charge in [0.15, 0.2) is 34.9 Å². The van der Waals surface area contributed by atoms with E-state index < -0.39 is 0 Å². The van der Waals surface area contributed by atoms with E-state index in [1.807, 2.05) is 103 Å². The van der Waals surface area contributed by atoms with Crippen LogP contribution in [0.15, 0.2) is 176 Å². The van der Waals surface area contributed by atoms with Gasteiger partial charge in [-0.3, -0.25) is 4.98 Å². The Bertz CT molecular complexity index is 3080. The number of aromatic nitrogens is 7. The average Bonchev–Trinajstić information content (AvgIpc) is 3.65. The molecule has 0 N–H and O–H groups in total. The van der Waals surface area contributed by atoms with Gasteiger partial charge in [-0.25, -0.2) is 29.9 Å². The Labute approximate surface area is 372 Å². The van der Waals surface area contributed by atoms with Crippen LogP contribution < -0.4 is 0 Å². The minimum atomic E-state index is -0.0324. The first kappa shape index (κ1) is 37.1. The fraction of sp³-hybridized carbons (Fsp3) is 0.175. The maximum atomic E-state index is 5.15. The van der Waals surface area contributed by atoms with E-state index >= 15 is 0 Å². The maximum Gasteiger partial charge on any atom is 0.182 e. The molecule has 0 atom stereocenters. The summed E-state index contributed by atoms with van der Waals surface area (Å²) in [5.74, 6) is 6.75. The van der Waals surface area contributed by atoms with E-state index in [-0.39, 0.29) is 5.41 Å². The van der Waals surface area contributed by atoms with Crippen LogP contribution >= 0.6 is 0 Å². The second-order valence-corrected chi connectivity index (χ2v) is 18.2. The summed E-state index contributed by atoms with van der Waals surface area (Å²) in [6, 6.07) is 59.3. The lowest BCUT2D eigenvalue weighted by atomic mass is 9.43. The minimum Gasteiger partial charge on any atom is -0.253 e. The highest BCUT2D eigenvalue weighted by Gasteiger charge is 2.61. The van der Waals surface area contributed by atoms with Gasteiger partial charge in [0.25, 0.3) is 0 Å². The second kappa shape index (κ2) is 14.8. The van der Waals surface area contributed by atoms with E-state index in [4.69, 9.17) is 34.9 Å². The summed E-state index contributed by atoms with van der Waals surface area (Å²) < 4.78 is 0. The molecular weight excluding hydrogens is 783 g/mol. The predicted octanol–water partition coefficient (Wildman–Crippen LogP) is 12.8. The van der Waals surface area contributed by atoms with Gasteiger partial charge in [-0.15, -0.1) is 0 Å². The molecule has 4 bridgehead atoms. The third kappa shape index (κ3) is 6.05. The van der Waals surface area contributed by atoms with Gasteiger partial charge in [0.05, 0.1) is 0 Å². The fourth-order valence-electron chi connectivity index (χ4n) is 12.1. The van der Waals surface area contributed by atoms with Crippen LogP contribution in [0.4, 0.5) is 0 Å². The summed E-state index contributed by atoms with van der Waals surface area (Å²) in [6.07, 6.45) is 8.52. The van der Waals surface area contributed by atoms with E-state index in [0.29, 0.717) is 52.5 Å². The van der Waals surface area contributed by atoms with E-state index in [2.05, 4.69) is 72.8 Å². The van der Waals surface area contributed by atoms with Gasteiger partial charge < -0.3 is 0 Å². The van der Waals surface area contributed by atoms with Crippen molar-refractivity contribution in [2.75, 3.05) is 0 Å². The van der Waals surface area contributed by atoms with Gasteiger partial charge in [-0.1, -0.05) is 146 Å². The zero-order valence-corrected chi connectivity index (χ0v) is 35.2. The summed E-state index contributed by atoms with van der Waals surface area (Å²) in [4.78, 5) is 35.1. The van der Waals surface area contributed by atoms with Crippen molar-refractivity contribution in [2.45, 2.75) is 37.5 Å². The van der Waals surface area contributed by atoms with Crippen LogP contribution in [0.1, 0.15) is 43.2 Å². The zero-order chi connectivity index (χ0) is 42.2. The largest absolute Gasteiger partial charge is 0.253 e. The standard InChI is InChI=1S/C57H43N7/c1-5-13-37(14-6-1)51-59-52(38-15-7-2-8-16-38)62-55(61-51)43-22-24-48-47(32-43)46-23-21-41(33-49(46)57(48)44-28-35-27-36(30-44)31-45(57)29-35)42-25-26-58-50(34-42)56-63-53(39-17-9-3-10-18-39)60-54(64-56)40-19-11-4-12-20-40/h1-26,32-36,44-45H,27-31H2. The van der Waals surface area contributed by atoms with Crippen LogP contribution in [-0.4, -0.2) is 34.9 Å². The van der Waals surface area contributed by atoms with Gasteiger partial charge in [0.2, 0.25) is 0 Å². The quantitative estimate of drug-likeness (QED) is 0.158. The molecule has 6 aromatic carbocycles. The molecule has 7 heteroatoms. The number of hydrogen-bond acceptors (Lipinski definition) is 7. The topological polar surface area (TPSA) is 90.2 Å². The van der Waals surface area contributed by atoms with Crippen LogP contribution in [0.5, 0.6) is 0 Å². The first-order valence-electron chi connectivity index (χ1n) is 22.6. The lowest BCUT2D eigenvalue weighted by Gasteiger charge is -2.61. The van der Waals surface area contributed by atoms with Crippen molar-refractivity contribution in [3.8, 4) is 90.7 Å². The normalized spacial score (nSPS) is 21.2. The Morgan fingerprint density at radius 2 is 0.766 bits per heavy atom. The highest BCUT2D eigenvalue weighted by Crippen LogP contribution is 2.69. The number of pyridine rings is 1. The summed E-state index contributed by atoms with van der Waals surface area (Å²) in [7, 11) is 0. The molecule has 3 heterocycles. The van der Waals surface area contributed by atoms with Crippen LogP contribution in [0, 0.1) is 23.7 Å². The molecule has 0 saturated heterocycles. The Balaban J connectivity index is 0.946. The molecule has 0 radical (unpaired) electrons. The molecular formula is C57H43N7. The molecule has 0 amide bonds. The number of fused-ring (bicyclic) bond motifs is 3. The Morgan fingerprint density at radius 3 is 1.27 bits per heavy atom. The van der Waals surface area contributed by atoms with Crippen molar-refractivity contribution in [3.05, 3.63) is 187 Å². The molecule has 7 nitrogen and oxygen atoms in total. The smallest absolute Gasteiger partial charge is 0.182 e. The number of hydrogen-bond donors (Lipinski definition) is 0. The van der Waals surface area contributed by atoms with Gasteiger partial charge in [-0.2, -0.15) is 0 Å². The molecule has 9 aromatic rings. The molecule has 306 valence electrons. The van der Waals surface area contributed by atoms with Crippen molar-refractivity contribution >= 4 is 0 Å². The zero-order valence-electron chi connectivity index (χ0n) is 35.2. The van der Waals surface area contributed by atoms with Crippen LogP contribution in [0.2, 0.25) is 0 Å². The Kier molecular flexibility index (Phi) is 8.58. The van der Waals surface area contributed by atoms with Crippen molar-refractivity contribution in [3.63, 3.8) is 0 Å². The molecule has 0 aliphatic heterocycles. The Hall–Kier alpha value is -7.51. The molecule has 3 aromatic heterocycles. The van der Waals surface area contributed by atoms with Crippen LogP contribution in [0.25, 0.3) is 90.7 Å². The monoisotopic (exact) mass is 825 g/mol. The molecule has 64 heavy (non-hydrogen) atoms. The van der Waals surface area contributed by atoms with Gasteiger partial charge in [0.1, 0.15) is 5.69 Å². The van der Waals surface area contributed by atoms with Crippen molar-refractivity contribution < 1.29 is 0 Å². The molecule has 5 aliphatic carbocycles. The van der Waals surface area contributed by atoms with Gasteiger partial charge in [0, 0.05) is 39.4 Å². The molecule has 0 unspecified atom stereocenters. The first-order valence-corrected chi connectivity index (χ1v) is 22.6. The third-order valence-electron chi connectivity index (χ3n) is 14.6. The van der Waals surface area contributed by atoms with Crippen molar-refractivity contribution in [1.82, 2.24) is 34.9 Å². The predicted molar refractivity (Wildman–Crippen MR) is 252 cm³/mol. The van der Waals surface area contributed by atoms with Gasteiger partial charge in [-0.05, 0) is 113 Å². The van der Waals surface area contributed by atoms with Crippen LogP contribution in [0.3, 0.4) is 0 Å². The van der Waals surface area contributed by atoms with Crippen molar-refractivity contribution in [2.24, 2.45) is 23.7 Å².